The predicted octanol–water partition coefficient (Wildman–Crippen LogP) is 6.19. The van der Waals surface area contributed by atoms with Gasteiger partial charge in [0.05, 0.1) is 47.0 Å². The van der Waals surface area contributed by atoms with Crippen LogP contribution in [0.3, 0.4) is 0 Å². The fourth-order valence-electron chi connectivity index (χ4n) is 3.86. The van der Waals surface area contributed by atoms with E-state index in [4.69, 9.17) is 18.6 Å². The number of esters is 1. The average Bonchev–Trinajstić information content (AvgIpc) is 2.80. The van der Waals surface area contributed by atoms with E-state index < -0.39 is 28.4 Å². The van der Waals surface area contributed by atoms with Gasteiger partial charge in [-0.25, -0.2) is 0 Å². The largest absolute Gasteiger partial charge is 0.496 e. The zero-order chi connectivity index (χ0) is 23.8. The summed E-state index contributed by atoms with van der Waals surface area (Å²) in [5.74, 6) is 0.867. The van der Waals surface area contributed by atoms with E-state index >= 15 is 0 Å². The zero-order valence-electron chi connectivity index (χ0n) is 21.1. The molecule has 174 valence electrons. The molecule has 0 bridgehead atoms. The summed E-state index contributed by atoms with van der Waals surface area (Å²) in [5.41, 5.74) is 1.84. The second kappa shape index (κ2) is 9.12. The van der Waals surface area contributed by atoms with Gasteiger partial charge in [-0.2, -0.15) is 0 Å². The molecule has 0 radical (unpaired) electrons. The first-order chi connectivity index (χ1) is 14.2. The second-order valence-corrected chi connectivity index (χ2v) is 20.7. The smallest absolute Gasteiger partial charge is 0.311 e. The van der Waals surface area contributed by atoms with Crippen molar-refractivity contribution in [3.8, 4) is 5.75 Å². The van der Waals surface area contributed by atoms with Gasteiger partial charge in [-0.1, -0.05) is 52.5 Å². The fourth-order valence-corrected chi connectivity index (χ4v) is 6.88. The number of allylic oxidation sites excluding steroid dienone is 1. The lowest BCUT2D eigenvalue weighted by Crippen LogP contribution is -2.44. The zero-order valence-corrected chi connectivity index (χ0v) is 23.1. The number of hydrogen-bond donors (Lipinski definition) is 0. The van der Waals surface area contributed by atoms with Crippen LogP contribution in [-0.2, 0) is 18.7 Å². The van der Waals surface area contributed by atoms with E-state index in [9.17, 15) is 4.79 Å². The van der Waals surface area contributed by atoms with Gasteiger partial charge in [0, 0.05) is 0 Å². The number of methoxy groups -OCH3 is 3. The van der Waals surface area contributed by atoms with Crippen molar-refractivity contribution >= 4 is 28.1 Å². The van der Waals surface area contributed by atoms with E-state index in [-0.39, 0.29) is 11.0 Å². The summed E-state index contributed by atoms with van der Waals surface area (Å²) in [5, 5.41) is 1.19. The van der Waals surface area contributed by atoms with Gasteiger partial charge < -0.3 is 18.6 Å². The molecular weight excluding hydrogens is 424 g/mol. The van der Waals surface area contributed by atoms with E-state index in [1.807, 2.05) is 18.2 Å². The number of hydrogen-bond acceptors (Lipinski definition) is 5. The maximum absolute atomic E-state index is 13.1. The molecule has 1 aliphatic rings. The molecule has 0 heterocycles. The Hall–Kier alpha value is -1.58. The molecule has 1 aromatic carbocycles. The standard InChI is InChI=1S/C24H40O5Si2/c1-24(2,3)31(10,11)29-21-16-13-12-14-18(26-4)20(16)22(27-5)19(30(7,8)9)15-17(21)23(25)28-6/h12-14,17,21H,15H2,1-11H3. The molecular formula is C24H40O5Si2. The topological polar surface area (TPSA) is 54.0 Å². The molecule has 0 saturated heterocycles. The van der Waals surface area contributed by atoms with Crippen molar-refractivity contribution in [1.29, 1.82) is 0 Å². The number of benzene rings is 1. The highest BCUT2D eigenvalue weighted by atomic mass is 28.4. The number of carbonyl (C=O) groups excluding carboxylic acids is 1. The lowest BCUT2D eigenvalue weighted by Gasteiger charge is -2.41. The summed E-state index contributed by atoms with van der Waals surface area (Å²) in [6, 6.07) is 5.94. The third-order valence-electron chi connectivity index (χ3n) is 6.72. The monoisotopic (exact) mass is 464 g/mol. The van der Waals surface area contributed by atoms with Gasteiger partial charge in [0.2, 0.25) is 0 Å². The number of fused-ring (bicyclic) bond motifs is 1. The second-order valence-electron chi connectivity index (χ2n) is 10.8. The van der Waals surface area contributed by atoms with Gasteiger partial charge in [-0.15, -0.1) is 0 Å². The molecule has 0 fully saturated rings. The van der Waals surface area contributed by atoms with Crippen LogP contribution in [0.4, 0.5) is 0 Å². The molecule has 0 saturated carbocycles. The van der Waals surface area contributed by atoms with E-state index in [1.165, 1.54) is 12.3 Å². The van der Waals surface area contributed by atoms with Crippen LogP contribution in [0.2, 0.25) is 37.8 Å². The van der Waals surface area contributed by atoms with Crippen molar-refractivity contribution < 1.29 is 23.4 Å². The summed E-state index contributed by atoms with van der Waals surface area (Å²) >= 11 is 0. The molecule has 5 nitrogen and oxygen atoms in total. The summed E-state index contributed by atoms with van der Waals surface area (Å²) in [6.45, 7) is 17.9. The molecule has 2 rings (SSSR count). The third-order valence-corrected chi connectivity index (χ3v) is 13.4. The molecule has 0 aromatic heterocycles. The Morgan fingerprint density at radius 3 is 2.06 bits per heavy atom. The maximum Gasteiger partial charge on any atom is 0.311 e. The highest BCUT2D eigenvalue weighted by Gasteiger charge is 2.47. The molecule has 7 heteroatoms. The van der Waals surface area contributed by atoms with Crippen LogP contribution < -0.4 is 4.74 Å². The first kappa shape index (κ1) is 25.7. The highest BCUT2D eigenvalue weighted by molar-refractivity contribution is 6.84. The highest BCUT2D eigenvalue weighted by Crippen LogP contribution is 2.50. The van der Waals surface area contributed by atoms with Crippen LogP contribution in [0.15, 0.2) is 23.4 Å². The molecule has 1 aliphatic carbocycles. The minimum atomic E-state index is -2.21. The summed E-state index contributed by atoms with van der Waals surface area (Å²) in [4.78, 5) is 13.1. The van der Waals surface area contributed by atoms with Gasteiger partial charge >= 0.3 is 5.97 Å². The van der Waals surface area contributed by atoms with Crippen LogP contribution in [-0.4, -0.2) is 43.7 Å². The Bertz CT molecular complexity index is 847. The van der Waals surface area contributed by atoms with Gasteiger partial charge in [-0.3, -0.25) is 4.79 Å². The Morgan fingerprint density at radius 1 is 1.00 bits per heavy atom. The van der Waals surface area contributed by atoms with Crippen LogP contribution >= 0.6 is 0 Å². The number of carbonyl (C=O) groups is 1. The van der Waals surface area contributed by atoms with Crippen molar-refractivity contribution in [2.24, 2.45) is 5.92 Å². The third kappa shape index (κ3) is 5.09. The van der Waals surface area contributed by atoms with Crippen molar-refractivity contribution in [3.63, 3.8) is 0 Å². The van der Waals surface area contributed by atoms with Crippen LogP contribution in [0, 0.1) is 5.92 Å². The van der Waals surface area contributed by atoms with Gasteiger partial charge in [0.25, 0.3) is 0 Å². The normalized spacial score (nSPS) is 20.1. The van der Waals surface area contributed by atoms with E-state index in [0.29, 0.717) is 6.42 Å². The summed E-state index contributed by atoms with van der Waals surface area (Å²) in [6.07, 6.45) is 0.125. The quantitative estimate of drug-likeness (QED) is 0.371. The van der Waals surface area contributed by atoms with Crippen molar-refractivity contribution in [2.75, 3.05) is 21.3 Å². The van der Waals surface area contributed by atoms with Gasteiger partial charge in [0.1, 0.15) is 11.5 Å². The Balaban J connectivity index is 2.88. The first-order valence-electron chi connectivity index (χ1n) is 10.9. The molecule has 0 amide bonds. The minimum absolute atomic E-state index is 0.00186. The SMILES string of the molecule is COC(=O)C1CC([Si](C)(C)C)=C(OC)c2c(OC)cccc2C1O[Si](C)(C)C(C)(C)C. The molecule has 0 N–H and O–H groups in total. The fraction of sp³-hybridized carbons (Fsp3) is 0.625. The van der Waals surface area contributed by atoms with Crippen molar-refractivity contribution in [2.45, 2.75) is 71.1 Å². The van der Waals surface area contributed by atoms with E-state index in [0.717, 1.165) is 22.6 Å². The molecule has 0 spiro atoms. The lowest BCUT2D eigenvalue weighted by atomic mass is 9.92. The van der Waals surface area contributed by atoms with E-state index in [1.54, 1.807) is 14.2 Å². The maximum atomic E-state index is 13.1. The Morgan fingerprint density at radius 2 is 1.61 bits per heavy atom. The molecule has 31 heavy (non-hydrogen) atoms. The summed E-state index contributed by atoms with van der Waals surface area (Å²) < 4.78 is 24.0. The Kier molecular flexibility index (Phi) is 7.55. The van der Waals surface area contributed by atoms with E-state index in [2.05, 4.69) is 53.5 Å². The Labute approximate surface area is 190 Å². The van der Waals surface area contributed by atoms with Crippen LogP contribution in [0.5, 0.6) is 5.75 Å². The molecule has 2 atom stereocenters. The molecule has 2 unspecified atom stereocenters. The number of ether oxygens (including phenoxy) is 3. The van der Waals surface area contributed by atoms with Crippen LogP contribution in [0.1, 0.15) is 44.4 Å². The number of rotatable bonds is 6. The van der Waals surface area contributed by atoms with Gasteiger partial charge in [-0.05, 0) is 41.4 Å². The average molecular weight is 465 g/mol. The van der Waals surface area contributed by atoms with Gasteiger partial charge in [0.15, 0.2) is 8.32 Å². The lowest BCUT2D eigenvalue weighted by molar-refractivity contribution is -0.149. The molecule has 1 aromatic rings. The minimum Gasteiger partial charge on any atom is -0.496 e. The summed E-state index contributed by atoms with van der Waals surface area (Å²) in [7, 11) is 0.766. The van der Waals surface area contributed by atoms with Crippen molar-refractivity contribution in [1.82, 2.24) is 0 Å². The molecule has 0 aliphatic heterocycles. The predicted molar refractivity (Wildman–Crippen MR) is 131 cm³/mol. The van der Waals surface area contributed by atoms with Crippen molar-refractivity contribution in [3.05, 3.63) is 34.5 Å². The van der Waals surface area contributed by atoms with Crippen LogP contribution in [0.25, 0.3) is 5.76 Å². The first-order valence-corrected chi connectivity index (χ1v) is 17.3.